The molecule has 2 aliphatic heterocycles. The maximum atomic E-state index is 13.3. The Balaban J connectivity index is 2.16. The van der Waals surface area contributed by atoms with Gasteiger partial charge < -0.3 is 10.6 Å². The molecule has 0 aromatic rings. The Bertz CT molecular complexity index is 314. The number of piperidine rings is 1. The lowest BCUT2D eigenvalue weighted by Crippen LogP contribution is -2.61. The van der Waals surface area contributed by atoms with Crippen molar-refractivity contribution < 1.29 is 13.6 Å². The van der Waals surface area contributed by atoms with Crippen molar-refractivity contribution in [3.63, 3.8) is 0 Å². The number of rotatable bonds is 2. The number of alkyl halides is 2. The lowest BCUT2D eigenvalue weighted by Gasteiger charge is -2.44. The number of carbonyl (C=O) groups excluding carboxylic acids is 1. The van der Waals surface area contributed by atoms with Crippen molar-refractivity contribution in [2.24, 2.45) is 5.73 Å². The van der Waals surface area contributed by atoms with Gasteiger partial charge in [-0.05, 0) is 19.9 Å². The highest BCUT2D eigenvalue weighted by atomic mass is 19.3. The number of carbonyl (C=O) groups is 1. The van der Waals surface area contributed by atoms with Gasteiger partial charge in [-0.15, -0.1) is 0 Å². The molecule has 0 spiro atoms. The van der Waals surface area contributed by atoms with E-state index in [0.29, 0.717) is 12.8 Å². The molecule has 1 amide bonds. The van der Waals surface area contributed by atoms with Gasteiger partial charge in [-0.3, -0.25) is 9.69 Å². The molecule has 0 aliphatic carbocycles. The molecule has 6 heteroatoms. The van der Waals surface area contributed by atoms with Gasteiger partial charge in [0.2, 0.25) is 5.91 Å². The second-order valence-electron chi connectivity index (χ2n) is 5.23. The summed E-state index contributed by atoms with van der Waals surface area (Å²) in [5.41, 5.74) is 4.62. The van der Waals surface area contributed by atoms with Crippen LogP contribution in [0.2, 0.25) is 0 Å². The summed E-state index contributed by atoms with van der Waals surface area (Å²) in [6, 6.07) is 0. The fourth-order valence-corrected chi connectivity index (χ4v) is 2.81. The summed E-state index contributed by atoms with van der Waals surface area (Å²) in [7, 11) is 1.96. The van der Waals surface area contributed by atoms with Gasteiger partial charge in [-0.2, -0.15) is 0 Å². The van der Waals surface area contributed by atoms with Crippen LogP contribution < -0.4 is 5.73 Å². The van der Waals surface area contributed by atoms with Crippen LogP contribution in [0.4, 0.5) is 8.78 Å². The fourth-order valence-electron chi connectivity index (χ4n) is 2.81. The Labute approximate surface area is 99.7 Å². The number of amides is 1. The van der Waals surface area contributed by atoms with E-state index in [4.69, 9.17) is 5.73 Å². The van der Waals surface area contributed by atoms with Gasteiger partial charge in [0, 0.05) is 26.1 Å². The van der Waals surface area contributed by atoms with Crippen molar-refractivity contribution >= 4 is 5.91 Å². The van der Waals surface area contributed by atoms with Gasteiger partial charge in [0.05, 0.1) is 6.54 Å². The van der Waals surface area contributed by atoms with Crippen LogP contribution in [0.1, 0.15) is 19.3 Å². The van der Waals surface area contributed by atoms with Crippen LogP contribution in [0.5, 0.6) is 0 Å². The molecule has 2 fully saturated rings. The van der Waals surface area contributed by atoms with Crippen molar-refractivity contribution in [1.82, 2.24) is 9.80 Å². The largest absolute Gasteiger partial charge is 0.368 e. The molecule has 0 aromatic heterocycles. The number of hydrogen-bond donors (Lipinski definition) is 1. The van der Waals surface area contributed by atoms with E-state index >= 15 is 0 Å². The van der Waals surface area contributed by atoms with Crippen molar-refractivity contribution in [1.29, 1.82) is 0 Å². The predicted molar refractivity (Wildman–Crippen MR) is 59.8 cm³/mol. The van der Waals surface area contributed by atoms with Crippen molar-refractivity contribution in [2.75, 3.05) is 33.2 Å². The van der Waals surface area contributed by atoms with Crippen LogP contribution in [0.3, 0.4) is 0 Å². The van der Waals surface area contributed by atoms with Crippen LogP contribution >= 0.6 is 0 Å². The minimum Gasteiger partial charge on any atom is -0.368 e. The average Bonchev–Trinajstić information content (AvgIpc) is 2.60. The van der Waals surface area contributed by atoms with Gasteiger partial charge in [-0.25, -0.2) is 8.78 Å². The molecule has 17 heavy (non-hydrogen) atoms. The van der Waals surface area contributed by atoms with Crippen molar-refractivity contribution in [2.45, 2.75) is 30.7 Å². The molecule has 2 aliphatic rings. The van der Waals surface area contributed by atoms with Crippen LogP contribution in [-0.4, -0.2) is 60.4 Å². The quantitative estimate of drug-likeness (QED) is 0.762. The first-order valence-electron chi connectivity index (χ1n) is 5.97. The zero-order valence-electron chi connectivity index (χ0n) is 10.1. The molecule has 0 radical (unpaired) electrons. The molecule has 4 nitrogen and oxygen atoms in total. The normalized spacial score (nSPS) is 29.4. The summed E-state index contributed by atoms with van der Waals surface area (Å²) in [6.45, 7) is 1.38. The van der Waals surface area contributed by atoms with E-state index < -0.39 is 17.4 Å². The zero-order chi connectivity index (χ0) is 12.7. The van der Waals surface area contributed by atoms with E-state index in [1.54, 1.807) is 4.90 Å². The molecule has 0 atom stereocenters. The second kappa shape index (κ2) is 4.17. The SMILES string of the molecule is CN1CCC(C(N)=O)(N2CCC(F)(F)C2)CC1. The average molecular weight is 247 g/mol. The Morgan fingerprint density at radius 2 is 1.76 bits per heavy atom. The molecule has 0 unspecified atom stereocenters. The van der Waals surface area contributed by atoms with E-state index in [1.165, 1.54) is 0 Å². The standard InChI is InChI=1S/C11H19F2N3O/c1-15-5-2-10(3-6-15,9(14)17)16-7-4-11(12,13)8-16/h2-8H2,1H3,(H2,14,17). The van der Waals surface area contributed by atoms with E-state index in [0.717, 1.165) is 13.1 Å². The van der Waals surface area contributed by atoms with Crippen LogP contribution in [0.25, 0.3) is 0 Å². The number of primary amides is 1. The third-order valence-corrected chi connectivity index (χ3v) is 4.05. The first-order valence-corrected chi connectivity index (χ1v) is 5.97. The molecule has 2 N–H and O–H groups in total. The Morgan fingerprint density at radius 3 is 2.18 bits per heavy atom. The second-order valence-corrected chi connectivity index (χ2v) is 5.23. The number of nitrogens with zero attached hydrogens (tertiary/aromatic N) is 2. The Kier molecular flexibility index (Phi) is 3.12. The fraction of sp³-hybridized carbons (Fsp3) is 0.909. The van der Waals surface area contributed by atoms with Gasteiger partial charge in [0.1, 0.15) is 5.54 Å². The van der Waals surface area contributed by atoms with Crippen LogP contribution in [0, 0.1) is 0 Å². The van der Waals surface area contributed by atoms with Crippen molar-refractivity contribution in [3.8, 4) is 0 Å². The maximum Gasteiger partial charge on any atom is 0.261 e. The molecule has 2 heterocycles. The smallest absolute Gasteiger partial charge is 0.261 e. The summed E-state index contributed by atoms with van der Waals surface area (Å²) in [6.07, 6.45) is 0.932. The Hall–Kier alpha value is -0.750. The highest BCUT2D eigenvalue weighted by Gasteiger charge is 2.51. The lowest BCUT2D eigenvalue weighted by molar-refractivity contribution is -0.133. The van der Waals surface area contributed by atoms with Crippen LogP contribution in [0.15, 0.2) is 0 Å². The topological polar surface area (TPSA) is 49.6 Å². The lowest BCUT2D eigenvalue weighted by atomic mass is 9.85. The van der Waals surface area contributed by atoms with Crippen LogP contribution in [-0.2, 0) is 4.79 Å². The summed E-state index contributed by atoms with van der Waals surface area (Å²) < 4.78 is 26.5. The summed E-state index contributed by atoms with van der Waals surface area (Å²) >= 11 is 0. The first-order chi connectivity index (χ1) is 7.86. The van der Waals surface area contributed by atoms with Gasteiger partial charge in [0.15, 0.2) is 0 Å². The molecule has 2 saturated heterocycles. The number of nitrogens with two attached hydrogens (primary N) is 1. The number of hydrogen-bond acceptors (Lipinski definition) is 3. The Morgan fingerprint density at radius 1 is 1.18 bits per heavy atom. The van der Waals surface area contributed by atoms with E-state index in [1.807, 2.05) is 7.05 Å². The molecular weight excluding hydrogens is 228 g/mol. The third kappa shape index (κ3) is 2.28. The van der Waals surface area contributed by atoms with E-state index in [9.17, 15) is 13.6 Å². The predicted octanol–water partition coefficient (Wildman–Crippen LogP) is 0.277. The molecule has 0 saturated carbocycles. The minimum atomic E-state index is -2.67. The molecule has 0 aromatic carbocycles. The van der Waals surface area contributed by atoms with Gasteiger partial charge in [0.25, 0.3) is 5.92 Å². The first kappa shape index (κ1) is 12.7. The third-order valence-electron chi connectivity index (χ3n) is 4.05. The van der Waals surface area contributed by atoms with E-state index in [-0.39, 0.29) is 19.5 Å². The summed E-state index contributed by atoms with van der Waals surface area (Å²) in [5, 5.41) is 0. The molecule has 2 rings (SSSR count). The highest BCUT2D eigenvalue weighted by molar-refractivity contribution is 5.85. The summed E-state index contributed by atoms with van der Waals surface area (Å²) in [4.78, 5) is 15.4. The minimum absolute atomic E-state index is 0.169. The number of likely N-dealkylation sites (tertiary alicyclic amines) is 2. The monoisotopic (exact) mass is 247 g/mol. The molecular formula is C11H19F2N3O. The van der Waals surface area contributed by atoms with Gasteiger partial charge >= 0.3 is 0 Å². The van der Waals surface area contributed by atoms with Gasteiger partial charge in [-0.1, -0.05) is 0 Å². The molecule has 98 valence electrons. The van der Waals surface area contributed by atoms with E-state index in [2.05, 4.69) is 4.90 Å². The number of halogens is 2. The highest BCUT2D eigenvalue weighted by Crippen LogP contribution is 2.36. The molecule has 0 bridgehead atoms. The summed E-state index contributed by atoms with van der Waals surface area (Å²) in [5.74, 6) is -3.13. The van der Waals surface area contributed by atoms with Crippen molar-refractivity contribution in [3.05, 3.63) is 0 Å². The zero-order valence-corrected chi connectivity index (χ0v) is 10.1. The maximum absolute atomic E-state index is 13.3.